The Kier molecular flexibility index (Phi) is 5.28. The lowest BCUT2D eigenvalue weighted by atomic mass is 10.2. The maximum atomic E-state index is 11.9. The highest BCUT2D eigenvalue weighted by atomic mass is 35.5. The summed E-state index contributed by atoms with van der Waals surface area (Å²) < 4.78 is 2.69. The molecule has 10 heteroatoms. The minimum Gasteiger partial charge on any atom is -0.336 e. The smallest absolute Gasteiger partial charge is 0.319 e. The average Bonchev–Trinajstić information content (AvgIpc) is 3.14. The van der Waals surface area contributed by atoms with E-state index in [0.717, 1.165) is 5.56 Å². The van der Waals surface area contributed by atoms with Crippen molar-refractivity contribution in [3.63, 3.8) is 0 Å². The molecule has 0 fully saturated rings. The van der Waals surface area contributed by atoms with Gasteiger partial charge in [0.2, 0.25) is 0 Å². The highest BCUT2D eigenvalue weighted by Gasteiger charge is 2.06. The van der Waals surface area contributed by atoms with Crippen molar-refractivity contribution in [3.8, 4) is 5.82 Å². The van der Waals surface area contributed by atoms with E-state index < -0.39 is 6.03 Å². The standard InChI is InChI=1S/C16H16ClN7O2/c1-11-2-3-12(8-13(11)17)21-16(26)19-6-7-23-15(25)5-4-14(22-23)24-10-18-9-20-24/h2-5,8-10H,6-7H2,1H3,(H2,19,21,26). The number of halogens is 1. The minimum atomic E-state index is -0.398. The monoisotopic (exact) mass is 373 g/mol. The van der Waals surface area contributed by atoms with Crippen LogP contribution in [0.2, 0.25) is 5.02 Å². The Morgan fingerprint density at radius 1 is 1.27 bits per heavy atom. The van der Waals surface area contributed by atoms with E-state index >= 15 is 0 Å². The quantitative estimate of drug-likeness (QED) is 0.706. The number of hydrogen-bond donors (Lipinski definition) is 2. The Balaban J connectivity index is 1.57. The van der Waals surface area contributed by atoms with E-state index in [1.165, 1.54) is 28.1 Å². The largest absolute Gasteiger partial charge is 0.336 e. The minimum absolute atomic E-state index is 0.212. The maximum absolute atomic E-state index is 11.9. The normalized spacial score (nSPS) is 10.5. The summed E-state index contributed by atoms with van der Waals surface area (Å²) in [5.74, 6) is 0.459. The first-order valence-corrected chi connectivity index (χ1v) is 8.15. The highest BCUT2D eigenvalue weighted by Crippen LogP contribution is 2.19. The fraction of sp³-hybridized carbons (Fsp3) is 0.188. The van der Waals surface area contributed by atoms with Crippen molar-refractivity contribution in [1.29, 1.82) is 0 Å². The number of nitrogens with zero attached hydrogens (tertiary/aromatic N) is 5. The van der Waals surface area contributed by atoms with E-state index in [0.29, 0.717) is 16.5 Å². The van der Waals surface area contributed by atoms with Gasteiger partial charge < -0.3 is 10.6 Å². The van der Waals surface area contributed by atoms with Gasteiger partial charge in [-0.05, 0) is 30.7 Å². The van der Waals surface area contributed by atoms with Crippen molar-refractivity contribution < 1.29 is 4.79 Å². The molecule has 2 N–H and O–H groups in total. The van der Waals surface area contributed by atoms with Crippen molar-refractivity contribution >= 4 is 23.3 Å². The third kappa shape index (κ3) is 4.25. The summed E-state index contributed by atoms with van der Waals surface area (Å²) in [7, 11) is 0. The number of hydrogen-bond acceptors (Lipinski definition) is 5. The predicted octanol–water partition coefficient (Wildman–Crippen LogP) is 1.61. The van der Waals surface area contributed by atoms with E-state index in [2.05, 4.69) is 25.8 Å². The van der Waals surface area contributed by atoms with Crippen LogP contribution in [0.3, 0.4) is 0 Å². The number of aromatic nitrogens is 5. The summed E-state index contributed by atoms with van der Waals surface area (Å²) in [4.78, 5) is 27.7. The van der Waals surface area contributed by atoms with Gasteiger partial charge in [0.25, 0.3) is 5.56 Å². The molecule has 0 saturated carbocycles. The second-order valence-corrected chi connectivity index (χ2v) is 5.85. The van der Waals surface area contributed by atoms with Crippen LogP contribution in [-0.2, 0) is 6.54 Å². The van der Waals surface area contributed by atoms with E-state index in [9.17, 15) is 9.59 Å². The topological polar surface area (TPSA) is 107 Å². The maximum Gasteiger partial charge on any atom is 0.319 e. The molecule has 0 aliphatic rings. The Labute approximate surface area is 153 Å². The van der Waals surface area contributed by atoms with Gasteiger partial charge in [-0.15, -0.1) is 5.10 Å². The fourth-order valence-corrected chi connectivity index (χ4v) is 2.35. The molecule has 3 rings (SSSR count). The zero-order chi connectivity index (χ0) is 18.5. The van der Waals surface area contributed by atoms with Gasteiger partial charge >= 0.3 is 6.03 Å². The predicted molar refractivity (Wildman–Crippen MR) is 96.6 cm³/mol. The number of aryl methyl sites for hydroxylation is 1. The molecule has 3 aromatic rings. The molecule has 0 spiro atoms. The third-order valence-electron chi connectivity index (χ3n) is 3.54. The zero-order valence-corrected chi connectivity index (χ0v) is 14.6. The Bertz CT molecular complexity index is 969. The molecule has 0 aliphatic carbocycles. The second-order valence-electron chi connectivity index (χ2n) is 5.44. The van der Waals surface area contributed by atoms with Gasteiger partial charge in [0.1, 0.15) is 12.7 Å². The lowest BCUT2D eigenvalue weighted by Crippen LogP contribution is -2.34. The van der Waals surface area contributed by atoms with Crippen LogP contribution in [0.25, 0.3) is 5.82 Å². The van der Waals surface area contributed by atoms with Crippen LogP contribution in [0.4, 0.5) is 10.5 Å². The van der Waals surface area contributed by atoms with Crippen molar-refractivity contribution in [2.24, 2.45) is 0 Å². The number of anilines is 1. The summed E-state index contributed by atoms with van der Waals surface area (Å²) >= 11 is 6.03. The molecular formula is C16H16ClN7O2. The molecule has 0 unspecified atom stereocenters. The van der Waals surface area contributed by atoms with Gasteiger partial charge in [0.05, 0.1) is 6.54 Å². The van der Waals surface area contributed by atoms with Crippen LogP contribution >= 0.6 is 11.6 Å². The molecule has 26 heavy (non-hydrogen) atoms. The molecule has 0 bridgehead atoms. The van der Waals surface area contributed by atoms with E-state index in [1.54, 1.807) is 18.2 Å². The summed E-state index contributed by atoms with van der Waals surface area (Å²) in [5.41, 5.74) is 1.23. The lowest BCUT2D eigenvalue weighted by Gasteiger charge is -2.10. The molecule has 2 amide bonds. The van der Waals surface area contributed by atoms with E-state index in [1.807, 2.05) is 13.0 Å². The van der Waals surface area contributed by atoms with Crippen LogP contribution in [0.1, 0.15) is 5.56 Å². The lowest BCUT2D eigenvalue weighted by molar-refractivity contribution is 0.251. The van der Waals surface area contributed by atoms with Crippen LogP contribution in [0, 0.1) is 6.92 Å². The first kappa shape index (κ1) is 17.6. The molecule has 134 valence electrons. The van der Waals surface area contributed by atoms with Crippen LogP contribution < -0.4 is 16.2 Å². The van der Waals surface area contributed by atoms with E-state index in [4.69, 9.17) is 11.6 Å². The van der Waals surface area contributed by atoms with E-state index in [-0.39, 0.29) is 18.6 Å². The molecular weight excluding hydrogens is 358 g/mol. The summed E-state index contributed by atoms with van der Waals surface area (Å²) in [6.07, 6.45) is 2.86. The summed E-state index contributed by atoms with van der Waals surface area (Å²) in [6, 6.07) is 7.79. The number of urea groups is 1. The molecule has 0 atom stereocenters. The molecule has 2 aromatic heterocycles. The van der Waals surface area contributed by atoms with Crippen LogP contribution in [0.15, 0.2) is 47.8 Å². The molecule has 2 heterocycles. The number of carbonyl (C=O) groups excluding carboxylic acids is 1. The van der Waals surface area contributed by atoms with Crippen LogP contribution in [-0.4, -0.2) is 37.1 Å². The van der Waals surface area contributed by atoms with Crippen molar-refractivity contribution in [2.75, 3.05) is 11.9 Å². The van der Waals surface area contributed by atoms with Gasteiger partial charge in [-0.3, -0.25) is 4.79 Å². The number of carbonyl (C=O) groups is 1. The van der Waals surface area contributed by atoms with Crippen molar-refractivity contribution in [1.82, 2.24) is 29.9 Å². The van der Waals surface area contributed by atoms with Gasteiger partial charge in [-0.25, -0.2) is 19.1 Å². The van der Waals surface area contributed by atoms with Gasteiger partial charge in [-0.2, -0.15) is 5.10 Å². The first-order chi connectivity index (χ1) is 12.5. The first-order valence-electron chi connectivity index (χ1n) is 7.77. The summed E-state index contributed by atoms with van der Waals surface area (Å²) in [5, 5.41) is 14.1. The van der Waals surface area contributed by atoms with Crippen molar-refractivity contribution in [2.45, 2.75) is 13.5 Å². The van der Waals surface area contributed by atoms with Crippen molar-refractivity contribution in [3.05, 3.63) is 63.9 Å². The molecule has 0 radical (unpaired) electrons. The Morgan fingerprint density at radius 3 is 2.85 bits per heavy atom. The Morgan fingerprint density at radius 2 is 2.12 bits per heavy atom. The highest BCUT2D eigenvalue weighted by molar-refractivity contribution is 6.31. The number of rotatable bonds is 5. The SMILES string of the molecule is Cc1ccc(NC(=O)NCCn2nc(-n3cncn3)ccc2=O)cc1Cl. The van der Waals surface area contributed by atoms with Crippen LogP contribution in [0.5, 0.6) is 0 Å². The molecule has 1 aromatic carbocycles. The van der Waals surface area contributed by atoms with Gasteiger partial charge in [0, 0.05) is 23.3 Å². The number of benzene rings is 1. The second kappa shape index (κ2) is 7.79. The Hall–Kier alpha value is -3.20. The number of nitrogens with one attached hydrogen (secondary N) is 2. The van der Waals surface area contributed by atoms with Gasteiger partial charge in [-0.1, -0.05) is 17.7 Å². The average molecular weight is 374 g/mol. The molecule has 9 nitrogen and oxygen atoms in total. The fourth-order valence-electron chi connectivity index (χ4n) is 2.17. The van der Waals surface area contributed by atoms with Gasteiger partial charge in [0.15, 0.2) is 5.82 Å². The number of amides is 2. The molecule has 0 aliphatic heterocycles. The summed E-state index contributed by atoms with van der Waals surface area (Å²) in [6.45, 7) is 2.31. The molecule has 0 saturated heterocycles. The third-order valence-corrected chi connectivity index (χ3v) is 3.95. The zero-order valence-electron chi connectivity index (χ0n) is 13.9.